The molecular formula is C51H20F4N6O7S3. The highest BCUT2D eigenvalue weighted by molar-refractivity contribution is 7.33. The molecule has 0 bridgehead atoms. The van der Waals surface area contributed by atoms with Crippen molar-refractivity contribution in [2.45, 2.75) is 18.8 Å². The fraction of sp³-hybridized carbons (Fsp3) is 0.0588. The Labute approximate surface area is 408 Å². The summed E-state index contributed by atoms with van der Waals surface area (Å²) in [6, 6.07) is 29.1. The maximum atomic E-state index is 15.0. The number of allylic oxidation sites excluding steroid dienone is 4. The lowest BCUT2D eigenvalue weighted by molar-refractivity contribution is -0.183. The second-order valence-corrected chi connectivity index (χ2v) is 18.5. The van der Waals surface area contributed by atoms with Gasteiger partial charge in [-0.25, -0.2) is 37.1 Å². The predicted molar refractivity (Wildman–Crippen MR) is 250 cm³/mol. The molecule has 0 amide bonds. The maximum absolute atomic E-state index is 15.0. The van der Waals surface area contributed by atoms with Crippen LogP contribution < -0.4 is 4.74 Å². The molecule has 342 valence electrons. The van der Waals surface area contributed by atoms with Gasteiger partial charge in [0.2, 0.25) is 11.6 Å². The van der Waals surface area contributed by atoms with E-state index in [1.54, 1.807) is 84.9 Å². The predicted octanol–water partition coefficient (Wildman–Crippen LogP) is 10.9. The fourth-order valence-electron chi connectivity index (χ4n) is 8.09. The number of aliphatic imine (C=N–C) groups is 2. The molecule has 0 atom stereocenters. The number of Topliss-reactive ketones (excluding diaryl/α,β-unsaturated/α-hetero) is 2. The largest absolute Gasteiger partial charge is 0.457 e. The number of nitriles is 4. The van der Waals surface area contributed by atoms with E-state index in [-0.39, 0.29) is 77.5 Å². The molecule has 1 aliphatic heterocycles. The zero-order valence-electron chi connectivity index (χ0n) is 35.4. The molecule has 0 spiro atoms. The number of ether oxygens (including phenoxy) is 3. The van der Waals surface area contributed by atoms with Gasteiger partial charge in [0.1, 0.15) is 70.1 Å². The van der Waals surface area contributed by atoms with E-state index < -0.39 is 74.9 Å². The van der Waals surface area contributed by atoms with Gasteiger partial charge in [0.25, 0.3) is 0 Å². The zero-order chi connectivity index (χ0) is 49.9. The van der Waals surface area contributed by atoms with E-state index in [1.165, 1.54) is 12.1 Å². The average Bonchev–Trinajstić information content (AvgIpc) is 4.18. The highest BCUT2D eigenvalue weighted by Gasteiger charge is 2.59. The van der Waals surface area contributed by atoms with Crippen LogP contribution in [0, 0.1) is 68.6 Å². The summed E-state index contributed by atoms with van der Waals surface area (Å²) < 4.78 is 77.2. The molecular weight excluding hydrogens is 981 g/mol. The standard InChI is InChI=1S/C51H20F4N6O7S3/c52-32-11-27-29(13-34(32)54)43(62)41(39(27)25(17-56)18-57)60-37-15-31-46(70-37)48-45(68-51(31,49(64)66-21-23-7-3-1-4-8-23)50(65)67-22-24-9-5-2-6-10-24)47-36(69-48)16-38(71-47)61-42-40(26(19-58)20-59)28-12-33(53)35(55)14-30(28)44(42)63/h1-16H,21-22H2. The van der Waals surface area contributed by atoms with Crippen molar-refractivity contribution in [3.8, 4) is 39.8 Å². The normalized spacial score (nSPS) is 14.9. The third kappa shape index (κ3) is 7.47. The molecule has 20 heteroatoms. The van der Waals surface area contributed by atoms with E-state index in [4.69, 9.17) is 14.2 Å². The first-order valence-electron chi connectivity index (χ1n) is 20.5. The van der Waals surface area contributed by atoms with Gasteiger partial charge in [-0.2, -0.15) is 21.0 Å². The Morgan fingerprint density at radius 1 is 0.577 bits per heavy atom. The molecule has 13 nitrogen and oxygen atoms in total. The van der Waals surface area contributed by atoms with Crippen LogP contribution in [0.25, 0.3) is 30.3 Å². The van der Waals surface area contributed by atoms with Crippen LogP contribution in [0.4, 0.5) is 27.6 Å². The Kier molecular flexibility index (Phi) is 11.4. The lowest BCUT2D eigenvalue weighted by Crippen LogP contribution is -2.52. The smallest absolute Gasteiger partial charge is 0.367 e. The Hall–Kier alpha value is -9.18. The van der Waals surface area contributed by atoms with Gasteiger partial charge in [0, 0.05) is 39.0 Å². The molecule has 0 N–H and O–H groups in total. The first kappa shape index (κ1) is 45.6. The Morgan fingerprint density at radius 3 is 1.46 bits per heavy atom. The minimum Gasteiger partial charge on any atom is -0.457 e. The van der Waals surface area contributed by atoms with E-state index in [2.05, 4.69) is 9.98 Å². The lowest BCUT2D eigenvalue weighted by Gasteiger charge is -2.33. The van der Waals surface area contributed by atoms with Crippen molar-refractivity contribution in [3.63, 3.8) is 0 Å². The fourth-order valence-corrected chi connectivity index (χ4v) is 11.7. The summed E-state index contributed by atoms with van der Waals surface area (Å²) in [5.41, 5.74) is -6.05. The van der Waals surface area contributed by atoms with E-state index in [1.807, 2.05) is 0 Å². The van der Waals surface area contributed by atoms with Gasteiger partial charge in [-0.05, 0) is 47.5 Å². The molecule has 4 heterocycles. The number of hydrogen-bond acceptors (Lipinski definition) is 16. The number of benzene rings is 4. The number of carbonyl (C=O) groups excluding carboxylic acids is 4. The van der Waals surface area contributed by atoms with Crippen LogP contribution in [-0.4, -0.2) is 34.9 Å². The molecule has 4 aromatic carbocycles. The first-order chi connectivity index (χ1) is 34.3. The topological polar surface area (TPSA) is 216 Å². The van der Waals surface area contributed by atoms with Crippen molar-refractivity contribution in [2.75, 3.05) is 0 Å². The third-order valence-corrected chi connectivity index (χ3v) is 14.8. The number of ketones is 2. The summed E-state index contributed by atoms with van der Waals surface area (Å²) in [5.74, 6) is -9.87. The second-order valence-electron chi connectivity index (χ2n) is 15.4. The molecule has 2 aliphatic carbocycles. The number of halogens is 4. The van der Waals surface area contributed by atoms with Gasteiger partial charge in [-0.1, -0.05) is 60.7 Å². The maximum Gasteiger partial charge on any atom is 0.367 e. The van der Waals surface area contributed by atoms with Crippen molar-refractivity contribution in [1.29, 1.82) is 21.0 Å². The summed E-state index contributed by atoms with van der Waals surface area (Å²) in [7, 11) is 0. The van der Waals surface area contributed by atoms with Gasteiger partial charge in [-0.3, -0.25) is 9.59 Å². The Morgan fingerprint density at radius 2 is 1.01 bits per heavy atom. The summed E-state index contributed by atoms with van der Waals surface area (Å²) in [6.07, 6.45) is 0. The van der Waals surface area contributed by atoms with Crippen LogP contribution in [0.3, 0.4) is 0 Å². The Balaban J connectivity index is 1.17. The first-order valence-corrected chi connectivity index (χ1v) is 22.9. The Bertz CT molecular complexity index is 3790. The lowest BCUT2D eigenvalue weighted by atomic mass is 9.91. The van der Waals surface area contributed by atoms with Crippen LogP contribution in [0.1, 0.15) is 48.5 Å². The molecule has 0 radical (unpaired) electrons. The van der Waals surface area contributed by atoms with E-state index in [0.717, 1.165) is 34.0 Å². The third-order valence-electron chi connectivity index (χ3n) is 11.3. The number of esters is 2. The van der Waals surface area contributed by atoms with Gasteiger partial charge in [0.05, 0.1) is 19.2 Å². The molecule has 0 fully saturated rings. The van der Waals surface area contributed by atoms with Crippen molar-refractivity contribution in [1.82, 2.24) is 0 Å². The number of nitrogens with zero attached hydrogens (tertiary/aromatic N) is 6. The summed E-state index contributed by atoms with van der Waals surface area (Å²) in [5, 5.41) is 39.5. The molecule has 0 saturated carbocycles. The van der Waals surface area contributed by atoms with Crippen LogP contribution in [0.15, 0.2) is 118 Å². The number of thiophene rings is 3. The minimum absolute atomic E-state index is 0.0627. The molecule has 71 heavy (non-hydrogen) atoms. The molecule has 3 aromatic heterocycles. The van der Waals surface area contributed by atoms with Gasteiger partial charge >= 0.3 is 17.5 Å². The van der Waals surface area contributed by atoms with Crippen LogP contribution in [-0.2, 0) is 37.9 Å². The molecule has 7 aromatic rings. The van der Waals surface area contributed by atoms with Crippen LogP contribution >= 0.6 is 34.0 Å². The zero-order valence-corrected chi connectivity index (χ0v) is 37.9. The van der Waals surface area contributed by atoms with Crippen LogP contribution in [0.5, 0.6) is 5.75 Å². The minimum atomic E-state index is -2.80. The van der Waals surface area contributed by atoms with E-state index in [9.17, 15) is 57.8 Å². The highest BCUT2D eigenvalue weighted by Crippen LogP contribution is 2.60. The summed E-state index contributed by atoms with van der Waals surface area (Å²) in [4.78, 5) is 67.1. The van der Waals surface area contributed by atoms with Gasteiger partial charge < -0.3 is 14.2 Å². The molecule has 10 rings (SSSR count). The van der Waals surface area contributed by atoms with Crippen molar-refractivity contribution in [2.24, 2.45) is 9.98 Å². The van der Waals surface area contributed by atoms with Crippen molar-refractivity contribution in [3.05, 3.63) is 170 Å². The van der Waals surface area contributed by atoms with Crippen molar-refractivity contribution < 1.29 is 51.0 Å². The quantitative estimate of drug-likeness (QED) is 0.0604. The number of carbonyl (C=O) groups is 4. The molecule has 0 saturated heterocycles. The monoisotopic (exact) mass is 1000 g/mol. The average molecular weight is 1000 g/mol. The van der Waals surface area contributed by atoms with Gasteiger partial charge in [0.15, 0.2) is 29.0 Å². The molecule has 3 aliphatic rings. The SMILES string of the molecule is N#CC(C#N)=C1C(=Nc2cc3c(s2)-c2sc4cc(N=C5C(=O)c6cc(F)c(F)cc6C5=C(C#N)C#N)sc4c2OC3(C(=O)OCc2ccccc2)C(=O)OCc2ccccc2)C(=O)c2cc(F)c(F)cc21. The number of hydrogen-bond donors (Lipinski definition) is 0. The summed E-state index contributed by atoms with van der Waals surface area (Å²) in [6.45, 7) is -0.713. The van der Waals surface area contributed by atoms with E-state index in [0.29, 0.717) is 45.0 Å². The second kappa shape index (κ2) is 17.7. The summed E-state index contributed by atoms with van der Waals surface area (Å²) >= 11 is 2.79. The van der Waals surface area contributed by atoms with E-state index >= 15 is 0 Å². The van der Waals surface area contributed by atoms with Crippen LogP contribution in [0.2, 0.25) is 0 Å². The highest BCUT2D eigenvalue weighted by atomic mass is 32.1. The van der Waals surface area contributed by atoms with Crippen molar-refractivity contribution >= 4 is 99.5 Å². The number of fused-ring (bicyclic) bond motifs is 7. The van der Waals surface area contributed by atoms with Gasteiger partial charge in [-0.15, -0.1) is 34.0 Å². The number of rotatable bonds is 8. The molecule has 0 unspecified atom stereocenters.